The molecule has 1 unspecified atom stereocenters. The van der Waals surface area contributed by atoms with E-state index in [4.69, 9.17) is 0 Å². The maximum Gasteiger partial charge on any atom is 0.251 e. The summed E-state index contributed by atoms with van der Waals surface area (Å²) >= 11 is 3.48. The van der Waals surface area contributed by atoms with Crippen molar-refractivity contribution in [3.05, 3.63) is 35.1 Å². The first-order valence-corrected chi connectivity index (χ1v) is 6.51. The molecule has 0 heterocycles. The van der Waals surface area contributed by atoms with Crippen LogP contribution in [0.1, 0.15) is 29.8 Å². The van der Waals surface area contributed by atoms with E-state index in [0.717, 1.165) is 5.56 Å². The van der Waals surface area contributed by atoms with Crippen LogP contribution in [-0.2, 0) is 0 Å². The second kappa shape index (κ2) is 6.15. The predicted octanol–water partition coefficient (Wildman–Crippen LogP) is 3.28. The van der Waals surface area contributed by atoms with Crippen LogP contribution in [-0.4, -0.2) is 17.3 Å². The Morgan fingerprint density at radius 3 is 2.59 bits per heavy atom. The van der Waals surface area contributed by atoms with Crippen LogP contribution in [0.25, 0.3) is 0 Å². The number of carbonyl (C=O) groups excluding carboxylic acids is 1. The topological polar surface area (TPSA) is 29.1 Å². The molecule has 0 saturated carbocycles. The normalized spacial score (nSPS) is 12.6. The minimum atomic E-state index is -0.380. The highest BCUT2D eigenvalue weighted by molar-refractivity contribution is 9.09. The van der Waals surface area contributed by atoms with E-state index in [1.54, 1.807) is 13.0 Å². The Labute approximate surface area is 110 Å². The lowest BCUT2D eigenvalue weighted by atomic mass is 10.1. The fraction of sp³-hybridized carbons (Fsp3) is 0.462. The first-order chi connectivity index (χ1) is 7.90. The fourth-order valence-corrected chi connectivity index (χ4v) is 1.56. The zero-order chi connectivity index (χ0) is 13.0. The lowest BCUT2D eigenvalue weighted by Crippen LogP contribution is -2.31. The fourth-order valence-electron chi connectivity index (χ4n) is 1.40. The molecule has 1 aromatic rings. The second-order valence-corrected chi connectivity index (χ2v) is 5.66. The van der Waals surface area contributed by atoms with E-state index in [0.29, 0.717) is 18.0 Å². The molecule has 0 fully saturated rings. The summed E-state index contributed by atoms with van der Waals surface area (Å²) in [5, 5.41) is 2.78. The average molecular weight is 302 g/mol. The minimum absolute atomic E-state index is 0.223. The SMILES string of the molecule is Cc1cc(F)cc(C(=O)NCC(Br)C(C)C)c1. The predicted molar refractivity (Wildman–Crippen MR) is 71.0 cm³/mol. The highest BCUT2D eigenvalue weighted by Gasteiger charge is 2.12. The Kier molecular flexibility index (Phi) is 5.12. The van der Waals surface area contributed by atoms with Gasteiger partial charge in [-0.2, -0.15) is 0 Å². The van der Waals surface area contributed by atoms with Crippen molar-refractivity contribution in [2.24, 2.45) is 5.92 Å². The molecular formula is C13H17BrFNO. The number of hydrogen-bond acceptors (Lipinski definition) is 1. The molecule has 0 aliphatic carbocycles. The molecule has 0 spiro atoms. The van der Waals surface area contributed by atoms with Crippen LogP contribution in [0.5, 0.6) is 0 Å². The van der Waals surface area contributed by atoms with Crippen LogP contribution in [0.15, 0.2) is 18.2 Å². The summed E-state index contributed by atoms with van der Waals surface area (Å²) in [5.41, 5.74) is 1.11. The second-order valence-electron chi connectivity index (χ2n) is 4.49. The number of carbonyl (C=O) groups is 1. The van der Waals surface area contributed by atoms with E-state index in [1.165, 1.54) is 12.1 Å². The lowest BCUT2D eigenvalue weighted by Gasteiger charge is -2.14. The van der Waals surface area contributed by atoms with E-state index in [1.807, 2.05) is 0 Å². The number of amides is 1. The van der Waals surface area contributed by atoms with Crippen molar-refractivity contribution >= 4 is 21.8 Å². The van der Waals surface area contributed by atoms with E-state index in [-0.39, 0.29) is 16.6 Å². The molecule has 17 heavy (non-hydrogen) atoms. The van der Waals surface area contributed by atoms with Gasteiger partial charge in [-0.1, -0.05) is 29.8 Å². The zero-order valence-corrected chi connectivity index (χ0v) is 11.8. The summed E-state index contributed by atoms with van der Waals surface area (Å²) in [6, 6.07) is 4.33. The van der Waals surface area contributed by atoms with Gasteiger partial charge in [-0.15, -0.1) is 0 Å². The average Bonchev–Trinajstić information content (AvgIpc) is 2.23. The molecular weight excluding hydrogens is 285 g/mol. The summed E-state index contributed by atoms with van der Waals surface area (Å²) in [6.45, 7) is 6.43. The number of hydrogen-bond donors (Lipinski definition) is 1. The van der Waals surface area contributed by atoms with Crippen molar-refractivity contribution in [1.82, 2.24) is 5.32 Å². The highest BCUT2D eigenvalue weighted by atomic mass is 79.9. The molecule has 0 bridgehead atoms. The third-order valence-corrected chi connectivity index (χ3v) is 3.87. The van der Waals surface area contributed by atoms with Crippen LogP contribution in [0.3, 0.4) is 0 Å². The molecule has 0 saturated heterocycles. The maximum absolute atomic E-state index is 13.1. The van der Waals surface area contributed by atoms with Gasteiger partial charge in [0.15, 0.2) is 0 Å². The molecule has 4 heteroatoms. The van der Waals surface area contributed by atoms with Crippen molar-refractivity contribution < 1.29 is 9.18 Å². The van der Waals surface area contributed by atoms with Gasteiger partial charge in [0.2, 0.25) is 0 Å². The highest BCUT2D eigenvalue weighted by Crippen LogP contribution is 2.11. The molecule has 1 rings (SSSR count). The Morgan fingerprint density at radius 2 is 2.06 bits per heavy atom. The van der Waals surface area contributed by atoms with E-state index < -0.39 is 0 Å². The summed E-state index contributed by atoms with van der Waals surface area (Å²) < 4.78 is 13.1. The van der Waals surface area contributed by atoms with E-state index >= 15 is 0 Å². The Balaban J connectivity index is 2.64. The largest absolute Gasteiger partial charge is 0.351 e. The number of aryl methyl sites for hydroxylation is 1. The van der Waals surface area contributed by atoms with Crippen molar-refractivity contribution in [1.29, 1.82) is 0 Å². The van der Waals surface area contributed by atoms with Gasteiger partial charge in [0.25, 0.3) is 5.91 Å². The standard InChI is InChI=1S/C13H17BrFNO/c1-8(2)12(14)7-16-13(17)10-4-9(3)5-11(15)6-10/h4-6,8,12H,7H2,1-3H3,(H,16,17). The van der Waals surface area contributed by atoms with E-state index in [2.05, 4.69) is 35.1 Å². The van der Waals surface area contributed by atoms with Crippen LogP contribution in [0, 0.1) is 18.7 Å². The van der Waals surface area contributed by atoms with Crippen LogP contribution in [0.2, 0.25) is 0 Å². The summed E-state index contributed by atoms with van der Waals surface area (Å²) in [4.78, 5) is 12.0. The van der Waals surface area contributed by atoms with Crippen molar-refractivity contribution in [3.63, 3.8) is 0 Å². The van der Waals surface area contributed by atoms with Gasteiger partial charge in [0.05, 0.1) is 0 Å². The molecule has 1 atom stereocenters. The molecule has 1 aromatic carbocycles. The monoisotopic (exact) mass is 301 g/mol. The number of nitrogens with one attached hydrogen (secondary N) is 1. The van der Waals surface area contributed by atoms with Gasteiger partial charge >= 0.3 is 0 Å². The van der Waals surface area contributed by atoms with Gasteiger partial charge in [-0.25, -0.2) is 4.39 Å². The van der Waals surface area contributed by atoms with Gasteiger partial charge in [0, 0.05) is 16.9 Å². The van der Waals surface area contributed by atoms with Gasteiger partial charge in [0.1, 0.15) is 5.82 Å². The smallest absolute Gasteiger partial charge is 0.251 e. The molecule has 1 amide bonds. The Morgan fingerprint density at radius 1 is 1.41 bits per heavy atom. The quantitative estimate of drug-likeness (QED) is 0.850. The third-order valence-electron chi connectivity index (χ3n) is 2.49. The van der Waals surface area contributed by atoms with Crippen molar-refractivity contribution in [2.75, 3.05) is 6.54 Å². The first-order valence-electron chi connectivity index (χ1n) is 5.59. The number of rotatable bonds is 4. The Hall–Kier alpha value is -0.900. The van der Waals surface area contributed by atoms with Gasteiger partial charge in [-0.05, 0) is 36.6 Å². The van der Waals surface area contributed by atoms with Crippen molar-refractivity contribution in [3.8, 4) is 0 Å². The number of halogens is 2. The molecule has 94 valence electrons. The van der Waals surface area contributed by atoms with Gasteiger partial charge in [-0.3, -0.25) is 4.79 Å². The van der Waals surface area contributed by atoms with E-state index in [9.17, 15) is 9.18 Å². The summed E-state index contributed by atoms with van der Waals surface area (Å²) in [7, 11) is 0. The summed E-state index contributed by atoms with van der Waals surface area (Å²) in [6.07, 6.45) is 0. The Bertz CT molecular complexity index is 386. The third kappa shape index (κ3) is 4.46. The first kappa shape index (κ1) is 14.2. The number of benzene rings is 1. The van der Waals surface area contributed by atoms with Crippen LogP contribution < -0.4 is 5.32 Å². The molecule has 0 aliphatic heterocycles. The lowest BCUT2D eigenvalue weighted by molar-refractivity contribution is 0.0952. The molecule has 0 aliphatic rings. The molecule has 1 N–H and O–H groups in total. The zero-order valence-electron chi connectivity index (χ0n) is 10.3. The minimum Gasteiger partial charge on any atom is -0.351 e. The maximum atomic E-state index is 13.1. The molecule has 2 nitrogen and oxygen atoms in total. The van der Waals surface area contributed by atoms with Crippen LogP contribution >= 0.6 is 15.9 Å². The molecule has 0 aromatic heterocycles. The van der Waals surface area contributed by atoms with Crippen molar-refractivity contribution in [2.45, 2.75) is 25.6 Å². The van der Waals surface area contributed by atoms with Crippen LogP contribution in [0.4, 0.5) is 4.39 Å². The number of alkyl halides is 1. The van der Waals surface area contributed by atoms with Gasteiger partial charge < -0.3 is 5.32 Å². The molecule has 0 radical (unpaired) electrons. The summed E-state index contributed by atoms with van der Waals surface area (Å²) in [5.74, 6) is -0.184.